The molecule has 6 heteroatoms. The molecule has 0 saturated carbocycles. The molecule has 3 aliphatic rings. The Kier molecular flexibility index (Phi) is 6.91. The molecule has 33 heavy (non-hydrogen) atoms. The Morgan fingerprint density at radius 1 is 0.909 bits per heavy atom. The third kappa shape index (κ3) is 5.21. The molecule has 1 aromatic carbocycles. The van der Waals surface area contributed by atoms with Crippen molar-refractivity contribution in [3.63, 3.8) is 0 Å². The SMILES string of the molecule is O=C(CN1CCC[C@@H](c2ccccc2)C1)N1CCC(c2cc(=O)n3c(n2)CCCCC3)CC1. The van der Waals surface area contributed by atoms with E-state index in [-0.39, 0.29) is 17.4 Å². The van der Waals surface area contributed by atoms with E-state index in [9.17, 15) is 9.59 Å². The van der Waals surface area contributed by atoms with Crippen LogP contribution in [0.15, 0.2) is 41.2 Å². The van der Waals surface area contributed by atoms with Gasteiger partial charge in [0.25, 0.3) is 5.56 Å². The fraction of sp³-hybridized carbons (Fsp3) is 0.593. The number of benzene rings is 1. The maximum Gasteiger partial charge on any atom is 0.253 e. The van der Waals surface area contributed by atoms with Crippen molar-refractivity contribution in [3.05, 3.63) is 63.8 Å². The van der Waals surface area contributed by atoms with Gasteiger partial charge in [-0.25, -0.2) is 4.98 Å². The molecule has 5 rings (SSSR count). The number of carbonyl (C=O) groups is 1. The molecule has 0 unspecified atom stereocenters. The number of rotatable bonds is 4. The molecule has 1 aromatic heterocycles. The summed E-state index contributed by atoms with van der Waals surface area (Å²) in [6, 6.07) is 12.5. The zero-order chi connectivity index (χ0) is 22.6. The molecule has 2 saturated heterocycles. The van der Waals surface area contributed by atoms with Gasteiger partial charge in [-0.1, -0.05) is 36.8 Å². The van der Waals surface area contributed by atoms with E-state index in [0.29, 0.717) is 12.5 Å². The van der Waals surface area contributed by atoms with Crippen LogP contribution in [0.25, 0.3) is 0 Å². The summed E-state index contributed by atoms with van der Waals surface area (Å²) in [6.45, 7) is 4.82. The topological polar surface area (TPSA) is 58.4 Å². The van der Waals surface area contributed by atoms with Gasteiger partial charge in [0.1, 0.15) is 5.82 Å². The fourth-order valence-electron chi connectivity index (χ4n) is 5.85. The zero-order valence-corrected chi connectivity index (χ0v) is 19.6. The summed E-state index contributed by atoms with van der Waals surface area (Å²) in [5.41, 5.74) is 2.44. The van der Waals surface area contributed by atoms with Crippen LogP contribution in [-0.2, 0) is 17.8 Å². The Hall–Kier alpha value is -2.47. The second-order valence-corrected chi connectivity index (χ2v) is 10.0. The summed E-state index contributed by atoms with van der Waals surface area (Å²) >= 11 is 0. The van der Waals surface area contributed by atoms with Crippen molar-refractivity contribution in [2.75, 3.05) is 32.7 Å². The molecule has 2 aromatic rings. The molecule has 3 aliphatic heterocycles. The van der Waals surface area contributed by atoms with Gasteiger partial charge in [-0.3, -0.25) is 19.1 Å². The predicted molar refractivity (Wildman–Crippen MR) is 129 cm³/mol. The second-order valence-electron chi connectivity index (χ2n) is 10.0. The number of aromatic nitrogens is 2. The van der Waals surface area contributed by atoms with Crippen LogP contribution in [0.2, 0.25) is 0 Å². The van der Waals surface area contributed by atoms with Crippen LogP contribution in [0.4, 0.5) is 0 Å². The van der Waals surface area contributed by atoms with E-state index in [1.807, 2.05) is 9.47 Å². The van der Waals surface area contributed by atoms with Crippen molar-refractivity contribution in [2.24, 2.45) is 0 Å². The van der Waals surface area contributed by atoms with Crippen LogP contribution in [0.1, 0.15) is 73.9 Å². The fourth-order valence-corrected chi connectivity index (χ4v) is 5.85. The lowest BCUT2D eigenvalue weighted by molar-refractivity contribution is -0.133. The minimum atomic E-state index is 0.105. The molecule has 0 N–H and O–H groups in total. The molecule has 0 radical (unpaired) electrons. The van der Waals surface area contributed by atoms with Gasteiger partial charge in [0.15, 0.2) is 0 Å². The van der Waals surface area contributed by atoms with Crippen molar-refractivity contribution in [1.29, 1.82) is 0 Å². The minimum Gasteiger partial charge on any atom is -0.342 e. The summed E-state index contributed by atoms with van der Waals surface area (Å²) in [5.74, 6) is 2.02. The van der Waals surface area contributed by atoms with Crippen molar-refractivity contribution in [2.45, 2.75) is 69.7 Å². The molecule has 1 atom stereocenters. The summed E-state index contributed by atoms with van der Waals surface area (Å²) in [7, 11) is 0. The van der Waals surface area contributed by atoms with Gasteiger partial charge in [0.05, 0.1) is 12.2 Å². The molecule has 0 bridgehead atoms. The summed E-state index contributed by atoms with van der Waals surface area (Å²) in [4.78, 5) is 35.0. The van der Waals surface area contributed by atoms with Crippen LogP contribution in [0.5, 0.6) is 0 Å². The van der Waals surface area contributed by atoms with Crippen LogP contribution in [0, 0.1) is 0 Å². The number of aryl methyl sites for hydroxylation is 1. The summed E-state index contributed by atoms with van der Waals surface area (Å²) in [6.07, 6.45) is 8.40. The first-order valence-corrected chi connectivity index (χ1v) is 12.8. The van der Waals surface area contributed by atoms with Gasteiger partial charge in [-0.15, -0.1) is 0 Å². The van der Waals surface area contributed by atoms with Crippen LogP contribution < -0.4 is 5.56 Å². The van der Waals surface area contributed by atoms with Crippen LogP contribution in [0.3, 0.4) is 0 Å². The Labute approximate surface area is 196 Å². The van der Waals surface area contributed by atoms with Gasteiger partial charge in [-0.05, 0) is 56.6 Å². The number of fused-ring (bicyclic) bond motifs is 1. The van der Waals surface area contributed by atoms with Crippen LogP contribution >= 0.6 is 0 Å². The number of piperidine rings is 2. The zero-order valence-electron chi connectivity index (χ0n) is 19.6. The highest BCUT2D eigenvalue weighted by atomic mass is 16.2. The number of nitrogens with zero attached hydrogens (tertiary/aromatic N) is 4. The molecule has 176 valence electrons. The molecular weight excluding hydrogens is 412 g/mol. The first kappa shape index (κ1) is 22.3. The Balaban J connectivity index is 1.16. The standard InChI is InChI=1S/C27H36N4O2/c32-26-18-24(28-25-11-5-2-6-15-31(25)26)22-12-16-30(17-13-22)27(33)20-29-14-7-10-23(19-29)21-8-3-1-4-9-21/h1,3-4,8-9,18,22-23H,2,5-7,10-17,19-20H2/t23-/m1/s1. The Morgan fingerprint density at radius 2 is 1.73 bits per heavy atom. The minimum absolute atomic E-state index is 0.105. The van der Waals surface area contributed by atoms with E-state index < -0.39 is 0 Å². The predicted octanol–water partition coefficient (Wildman–Crippen LogP) is 3.56. The Bertz CT molecular complexity index is 1010. The van der Waals surface area contributed by atoms with Crippen molar-refractivity contribution < 1.29 is 4.79 Å². The van der Waals surface area contributed by atoms with E-state index in [2.05, 4.69) is 35.2 Å². The van der Waals surface area contributed by atoms with Crippen molar-refractivity contribution >= 4 is 5.91 Å². The van der Waals surface area contributed by atoms with E-state index >= 15 is 0 Å². The van der Waals surface area contributed by atoms with E-state index in [1.165, 1.54) is 18.4 Å². The average Bonchev–Trinajstić information content (AvgIpc) is 3.11. The van der Waals surface area contributed by atoms with Gasteiger partial charge >= 0.3 is 0 Å². The molecule has 6 nitrogen and oxygen atoms in total. The monoisotopic (exact) mass is 448 g/mol. The first-order valence-electron chi connectivity index (χ1n) is 12.8. The lowest BCUT2D eigenvalue weighted by Crippen LogP contribution is -2.46. The molecule has 1 amide bonds. The molecular formula is C27H36N4O2. The number of amides is 1. The first-order chi connectivity index (χ1) is 16.2. The second kappa shape index (κ2) is 10.2. The highest BCUT2D eigenvalue weighted by molar-refractivity contribution is 5.78. The maximum atomic E-state index is 13.1. The largest absolute Gasteiger partial charge is 0.342 e. The highest BCUT2D eigenvalue weighted by Crippen LogP contribution is 2.29. The van der Waals surface area contributed by atoms with E-state index in [4.69, 9.17) is 4.98 Å². The van der Waals surface area contributed by atoms with E-state index in [0.717, 1.165) is 82.8 Å². The maximum absolute atomic E-state index is 13.1. The van der Waals surface area contributed by atoms with Gasteiger partial charge in [0.2, 0.25) is 5.91 Å². The Morgan fingerprint density at radius 3 is 2.55 bits per heavy atom. The average molecular weight is 449 g/mol. The molecule has 0 aliphatic carbocycles. The van der Waals surface area contributed by atoms with Gasteiger partial charge < -0.3 is 4.90 Å². The van der Waals surface area contributed by atoms with E-state index in [1.54, 1.807) is 6.07 Å². The number of hydrogen-bond acceptors (Lipinski definition) is 4. The third-order valence-corrected chi connectivity index (χ3v) is 7.79. The summed E-state index contributed by atoms with van der Waals surface area (Å²) < 4.78 is 1.87. The molecule has 4 heterocycles. The van der Waals surface area contributed by atoms with Crippen molar-refractivity contribution in [1.82, 2.24) is 19.4 Å². The van der Waals surface area contributed by atoms with Crippen molar-refractivity contribution in [3.8, 4) is 0 Å². The van der Waals surface area contributed by atoms with Crippen LogP contribution in [-0.4, -0.2) is 58.0 Å². The number of carbonyl (C=O) groups excluding carboxylic acids is 1. The smallest absolute Gasteiger partial charge is 0.253 e. The third-order valence-electron chi connectivity index (χ3n) is 7.79. The summed E-state index contributed by atoms with van der Waals surface area (Å²) in [5, 5.41) is 0. The lowest BCUT2D eigenvalue weighted by Gasteiger charge is -2.36. The van der Waals surface area contributed by atoms with Gasteiger partial charge in [0, 0.05) is 44.6 Å². The lowest BCUT2D eigenvalue weighted by atomic mass is 9.90. The molecule has 2 fully saturated rings. The molecule has 0 spiro atoms. The quantitative estimate of drug-likeness (QED) is 0.718. The number of likely N-dealkylation sites (tertiary alicyclic amines) is 2. The number of hydrogen-bond donors (Lipinski definition) is 0. The van der Waals surface area contributed by atoms with Gasteiger partial charge in [-0.2, -0.15) is 0 Å². The highest BCUT2D eigenvalue weighted by Gasteiger charge is 2.28. The normalized spacial score (nSPS) is 22.5.